The topological polar surface area (TPSA) is 90.0 Å². The van der Waals surface area contributed by atoms with Gasteiger partial charge in [0, 0.05) is 35.4 Å². The number of anilines is 1. The van der Waals surface area contributed by atoms with Crippen LogP contribution in [0, 0.1) is 5.82 Å². The van der Waals surface area contributed by atoms with Crippen LogP contribution in [0.4, 0.5) is 10.1 Å². The second-order valence-corrected chi connectivity index (χ2v) is 12.9. The quantitative estimate of drug-likeness (QED) is 0.406. The van der Waals surface area contributed by atoms with Crippen LogP contribution < -0.4 is 10.2 Å². The van der Waals surface area contributed by atoms with Crippen LogP contribution >= 0.6 is 23.2 Å². The normalized spacial score (nSPS) is 17.3. The fraction of sp³-hybridized carbons (Fsp3) is 0.310. The predicted molar refractivity (Wildman–Crippen MR) is 156 cm³/mol. The third-order valence-electron chi connectivity index (χ3n) is 7.65. The second kappa shape index (κ2) is 12.0. The first-order valence-corrected chi connectivity index (χ1v) is 15.4. The molecule has 5 rings (SSSR count). The number of carbonyl (C=O) groups excluding carboxylic acids is 2. The Morgan fingerprint density at radius 1 is 0.976 bits per heavy atom. The molecule has 2 saturated heterocycles. The molecule has 0 radical (unpaired) electrons. The lowest BCUT2D eigenvalue weighted by Crippen LogP contribution is -2.57. The van der Waals surface area contributed by atoms with Gasteiger partial charge in [-0.2, -0.15) is 4.31 Å². The summed E-state index contributed by atoms with van der Waals surface area (Å²) in [6.45, 7) is 0.624. The van der Waals surface area contributed by atoms with E-state index in [1.807, 2.05) is 41.3 Å². The van der Waals surface area contributed by atoms with Crippen molar-refractivity contribution in [1.29, 1.82) is 0 Å². The Morgan fingerprint density at radius 3 is 2.32 bits per heavy atom. The van der Waals surface area contributed by atoms with Gasteiger partial charge in [-0.05, 0) is 73.4 Å². The fourth-order valence-electron chi connectivity index (χ4n) is 5.46. The molecule has 0 aromatic heterocycles. The number of sulfonamides is 1. The summed E-state index contributed by atoms with van der Waals surface area (Å²) < 4.78 is 41.1. The van der Waals surface area contributed by atoms with Gasteiger partial charge < -0.3 is 15.1 Å². The van der Waals surface area contributed by atoms with Crippen molar-refractivity contribution in [2.75, 3.05) is 37.7 Å². The largest absolute Gasteiger partial charge is 0.354 e. The van der Waals surface area contributed by atoms with E-state index in [4.69, 9.17) is 23.2 Å². The van der Waals surface area contributed by atoms with Crippen LogP contribution in [-0.4, -0.2) is 67.8 Å². The fourth-order valence-corrected chi connectivity index (χ4v) is 7.41. The van der Waals surface area contributed by atoms with Gasteiger partial charge in [-0.1, -0.05) is 47.5 Å². The SMILES string of the molecule is O=C(CN1CN(c2ccccc2)C2(CCN(S(=O)(=O)c3ccc(F)cc3)CC2)C1=O)NCCc1ccc(Cl)cc1Cl. The molecule has 41 heavy (non-hydrogen) atoms. The molecule has 1 N–H and O–H groups in total. The van der Waals surface area contributed by atoms with Crippen LogP contribution in [0.15, 0.2) is 77.7 Å². The average Bonchev–Trinajstić information content (AvgIpc) is 3.21. The van der Waals surface area contributed by atoms with Crippen molar-refractivity contribution >= 4 is 50.7 Å². The summed E-state index contributed by atoms with van der Waals surface area (Å²) in [7, 11) is -3.85. The second-order valence-electron chi connectivity index (χ2n) is 10.1. The molecule has 2 fully saturated rings. The monoisotopic (exact) mass is 618 g/mol. The van der Waals surface area contributed by atoms with Crippen LogP contribution in [0.2, 0.25) is 10.0 Å². The number of piperidine rings is 1. The van der Waals surface area contributed by atoms with Gasteiger partial charge in [-0.25, -0.2) is 12.8 Å². The van der Waals surface area contributed by atoms with Crippen molar-refractivity contribution in [3.05, 3.63) is 94.2 Å². The van der Waals surface area contributed by atoms with Crippen molar-refractivity contribution in [2.24, 2.45) is 0 Å². The summed E-state index contributed by atoms with van der Waals surface area (Å²) in [5.41, 5.74) is 0.675. The number of nitrogens with one attached hydrogen (secondary N) is 1. The van der Waals surface area contributed by atoms with Crippen molar-refractivity contribution in [1.82, 2.24) is 14.5 Å². The molecule has 2 heterocycles. The number of amides is 2. The highest BCUT2D eigenvalue weighted by atomic mass is 35.5. The Morgan fingerprint density at radius 2 is 1.66 bits per heavy atom. The van der Waals surface area contributed by atoms with Crippen LogP contribution in [-0.2, 0) is 26.0 Å². The molecule has 0 unspecified atom stereocenters. The van der Waals surface area contributed by atoms with Gasteiger partial charge in [0.15, 0.2) is 0 Å². The first-order valence-electron chi connectivity index (χ1n) is 13.2. The van der Waals surface area contributed by atoms with Crippen LogP contribution in [0.1, 0.15) is 18.4 Å². The van der Waals surface area contributed by atoms with Gasteiger partial charge in [0.25, 0.3) is 0 Å². The minimum Gasteiger partial charge on any atom is -0.354 e. The maximum Gasteiger partial charge on any atom is 0.250 e. The highest BCUT2D eigenvalue weighted by Crippen LogP contribution is 2.40. The minimum atomic E-state index is -3.85. The maximum atomic E-state index is 13.9. The molecular weight excluding hydrogens is 590 g/mol. The van der Waals surface area contributed by atoms with Crippen LogP contribution in [0.3, 0.4) is 0 Å². The molecular formula is C29H29Cl2FN4O4S. The van der Waals surface area contributed by atoms with E-state index in [0.717, 1.165) is 23.4 Å². The Balaban J connectivity index is 1.28. The molecule has 1 spiro atoms. The van der Waals surface area contributed by atoms with Crippen molar-refractivity contribution in [3.8, 4) is 0 Å². The van der Waals surface area contributed by atoms with E-state index in [1.54, 1.807) is 12.1 Å². The number of benzene rings is 3. The van der Waals surface area contributed by atoms with E-state index < -0.39 is 21.4 Å². The molecule has 12 heteroatoms. The summed E-state index contributed by atoms with van der Waals surface area (Å²) in [5, 5.41) is 3.91. The number of hydrogen-bond acceptors (Lipinski definition) is 5. The van der Waals surface area contributed by atoms with E-state index >= 15 is 0 Å². The van der Waals surface area contributed by atoms with Gasteiger partial charge in [0.05, 0.1) is 11.6 Å². The first-order chi connectivity index (χ1) is 19.6. The molecule has 8 nitrogen and oxygen atoms in total. The van der Waals surface area contributed by atoms with Gasteiger partial charge in [-0.3, -0.25) is 9.59 Å². The average molecular weight is 620 g/mol. The number of carbonyl (C=O) groups is 2. The molecule has 0 aliphatic carbocycles. The zero-order valence-corrected chi connectivity index (χ0v) is 24.4. The number of hydrogen-bond donors (Lipinski definition) is 1. The molecule has 216 valence electrons. The summed E-state index contributed by atoms with van der Waals surface area (Å²) in [4.78, 5) is 30.3. The maximum absolute atomic E-state index is 13.9. The Bertz CT molecular complexity index is 1530. The molecule has 3 aromatic carbocycles. The van der Waals surface area contributed by atoms with Gasteiger partial charge in [0.1, 0.15) is 17.9 Å². The van der Waals surface area contributed by atoms with E-state index in [-0.39, 0.29) is 55.9 Å². The lowest BCUT2D eigenvalue weighted by molar-refractivity contribution is -0.137. The third kappa shape index (κ3) is 6.06. The molecule has 3 aromatic rings. The molecule has 2 aliphatic rings. The van der Waals surface area contributed by atoms with Crippen LogP contribution in [0.5, 0.6) is 0 Å². The zero-order valence-electron chi connectivity index (χ0n) is 22.1. The van der Waals surface area contributed by atoms with Crippen molar-refractivity contribution < 1.29 is 22.4 Å². The highest BCUT2D eigenvalue weighted by molar-refractivity contribution is 7.89. The first kappa shape index (κ1) is 29.3. The Labute approximate surface area is 248 Å². The van der Waals surface area contributed by atoms with E-state index in [9.17, 15) is 22.4 Å². The van der Waals surface area contributed by atoms with E-state index in [1.165, 1.54) is 21.3 Å². The lowest BCUT2D eigenvalue weighted by Gasteiger charge is -2.42. The molecule has 0 saturated carbocycles. The standard InChI is InChI=1S/C29H29Cl2FN4O4S/c30-22-7-6-21(26(31)18-22)12-15-33-27(37)19-34-20-36(24-4-2-1-3-5-24)29(28(34)38)13-16-35(17-14-29)41(39,40)25-10-8-23(32)9-11-25/h1-11,18H,12-17,19-20H2,(H,33,37). The minimum absolute atomic E-state index is 0.00528. The zero-order chi connectivity index (χ0) is 29.2. The summed E-state index contributed by atoms with van der Waals surface area (Å²) in [6, 6.07) is 19.3. The van der Waals surface area contributed by atoms with Crippen LogP contribution in [0.25, 0.3) is 0 Å². The molecule has 0 atom stereocenters. The number of nitrogens with zero attached hydrogens (tertiary/aromatic N) is 3. The Kier molecular flexibility index (Phi) is 8.56. The van der Waals surface area contributed by atoms with Crippen molar-refractivity contribution in [3.63, 3.8) is 0 Å². The molecule has 2 aliphatic heterocycles. The van der Waals surface area contributed by atoms with E-state index in [2.05, 4.69) is 5.32 Å². The Hall–Kier alpha value is -3.18. The lowest BCUT2D eigenvalue weighted by atomic mass is 9.86. The number of rotatable bonds is 8. The molecule has 2 amide bonds. The van der Waals surface area contributed by atoms with Gasteiger partial charge in [0.2, 0.25) is 21.8 Å². The van der Waals surface area contributed by atoms with E-state index in [0.29, 0.717) is 23.0 Å². The number of halogens is 3. The van der Waals surface area contributed by atoms with Gasteiger partial charge in [-0.15, -0.1) is 0 Å². The highest BCUT2D eigenvalue weighted by Gasteiger charge is 2.55. The number of para-hydroxylation sites is 1. The molecule has 0 bridgehead atoms. The smallest absolute Gasteiger partial charge is 0.250 e. The summed E-state index contributed by atoms with van der Waals surface area (Å²) in [5.74, 6) is -1.03. The summed E-state index contributed by atoms with van der Waals surface area (Å²) >= 11 is 12.2. The summed E-state index contributed by atoms with van der Waals surface area (Å²) in [6.07, 6.45) is 0.997. The van der Waals surface area contributed by atoms with Gasteiger partial charge >= 0.3 is 0 Å². The third-order valence-corrected chi connectivity index (χ3v) is 10.1. The van der Waals surface area contributed by atoms with Crippen molar-refractivity contribution in [2.45, 2.75) is 29.7 Å². The predicted octanol–water partition coefficient (Wildman–Crippen LogP) is 4.32.